The molecular weight excluding hydrogens is 392 g/mol. The van der Waals surface area contributed by atoms with Crippen molar-refractivity contribution in [2.45, 2.75) is 58.3 Å². The average Bonchev–Trinajstić information content (AvgIpc) is 3.28. The molecule has 31 heavy (non-hydrogen) atoms. The number of rotatable bonds is 9. The Morgan fingerprint density at radius 3 is 2.10 bits per heavy atom. The van der Waals surface area contributed by atoms with Crippen LogP contribution < -0.4 is 0 Å². The molecule has 5 atom stereocenters. The van der Waals surface area contributed by atoms with Crippen LogP contribution in [0, 0.1) is 5.92 Å². The third-order valence-electron chi connectivity index (χ3n) is 5.77. The molecule has 2 aromatic rings. The van der Waals surface area contributed by atoms with Crippen LogP contribution >= 0.6 is 0 Å². The summed E-state index contributed by atoms with van der Waals surface area (Å²) >= 11 is 0. The van der Waals surface area contributed by atoms with E-state index in [9.17, 15) is 0 Å². The molecule has 0 radical (unpaired) electrons. The molecule has 4 rings (SSSR count). The molecule has 1 fully saturated rings. The summed E-state index contributed by atoms with van der Waals surface area (Å²) in [7, 11) is 0. The van der Waals surface area contributed by atoms with Crippen LogP contribution in [0.15, 0.2) is 72.3 Å². The lowest BCUT2D eigenvalue weighted by molar-refractivity contribution is -0.298. The lowest BCUT2D eigenvalue weighted by Gasteiger charge is -2.41. The second-order valence-electron chi connectivity index (χ2n) is 8.20. The summed E-state index contributed by atoms with van der Waals surface area (Å²) in [5, 5.41) is 0. The van der Waals surface area contributed by atoms with Crippen molar-refractivity contribution < 1.29 is 23.7 Å². The van der Waals surface area contributed by atoms with E-state index >= 15 is 0 Å². The molecule has 0 unspecified atom stereocenters. The fourth-order valence-corrected chi connectivity index (χ4v) is 3.89. The highest BCUT2D eigenvalue weighted by Crippen LogP contribution is 2.30. The van der Waals surface area contributed by atoms with Gasteiger partial charge in [-0.25, -0.2) is 0 Å². The van der Waals surface area contributed by atoms with Gasteiger partial charge in [0.05, 0.1) is 32.5 Å². The lowest BCUT2D eigenvalue weighted by atomic mass is 9.96. The van der Waals surface area contributed by atoms with Gasteiger partial charge in [0.25, 0.3) is 0 Å². The summed E-state index contributed by atoms with van der Waals surface area (Å²) < 4.78 is 30.8. The van der Waals surface area contributed by atoms with Crippen LogP contribution in [-0.4, -0.2) is 38.0 Å². The largest absolute Gasteiger partial charge is 0.365 e. The van der Waals surface area contributed by atoms with Crippen molar-refractivity contribution in [3.63, 3.8) is 0 Å². The molecule has 1 saturated heterocycles. The van der Waals surface area contributed by atoms with Crippen LogP contribution in [0.25, 0.3) is 0 Å². The van der Waals surface area contributed by atoms with Gasteiger partial charge in [-0.05, 0) is 29.2 Å². The Bertz CT molecular complexity index is 822. The van der Waals surface area contributed by atoms with Gasteiger partial charge in [0.2, 0.25) is 0 Å². The minimum Gasteiger partial charge on any atom is -0.365 e. The quantitative estimate of drug-likeness (QED) is 0.538. The van der Waals surface area contributed by atoms with Gasteiger partial charge in [0.1, 0.15) is 6.10 Å². The zero-order chi connectivity index (χ0) is 21.5. The summed E-state index contributed by atoms with van der Waals surface area (Å²) in [5.41, 5.74) is 3.47. The van der Waals surface area contributed by atoms with Crippen LogP contribution in [0.5, 0.6) is 0 Å². The summed E-state index contributed by atoms with van der Waals surface area (Å²) in [6, 6.07) is 20.2. The third-order valence-corrected chi connectivity index (χ3v) is 5.77. The van der Waals surface area contributed by atoms with E-state index < -0.39 is 6.29 Å². The van der Waals surface area contributed by atoms with Crippen LogP contribution in [0.4, 0.5) is 0 Å². The van der Waals surface area contributed by atoms with Crippen LogP contribution in [0.3, 0.4) is 0 Å². The van der Waals surface area contributed by atoms with E-state index in [4.69, 9.17) is 23.7 Å². The Morgan fingerprint density at radius 1 is 0.839 bits per heavy atom. The van der Waals surface area contributed by atoms with E-state index in [2.05, 4.69) is 32.1 Å². The predicted octanol–water partition coefficient (Wildman–Crippen LogP) is 4.86. The fraction of sp³-hybridized carbons (Fsp3) is 0.462. The van der Waals surface area contributed by atoms with Crippen molar-refractivity contribution in [1.82, 2.24) is 0 Å². The molecule has 0 aromatic heterocycles. The number of ether oxygens (including phenoxy) is 5. The number of hydrogen-bond acceptors (Lipinski definition) is 5. The van der Waals surface area contributed by atoms with Crippen LogP contribution in [0.1, 0.15) is 31.4 Å². The molecule has 0 spiro atoms. The molecule has 0 aliphatic carbocycles. The minimum atomic E-state index is -0.513. The summed E-state index contributed by atoms with van der Waals surface area (Å²) in [6.45, 7) is 6.35. The number of benzene rings is 2. The monoisotopic (exact) mass is 424 g/mol. The van der Waals surface area contributed by atoms with E-state index in [1.165, 1.54) is 5.57 Å². The Morgan fingerprint density at radius 2 is 1.48 bits per heavy atom. The lowest BCUT2D eigenvalue weighted by Crippen LogP contribution is -2.53. The van der Waals surface area contributed by atoms with E-state index in [0.29, 0.717) is 26.4 Å². The first-order chi connectivity index (χ1) is 15.2. The van der Waals surface area contributed by atoms with Crippen molar-refractivity contribution in [3.05, 3.63) is 83.4 Å². The molecule has 0 saturated carbocycles. The molecular formula is C26H32O5. The molecule has 2 aliphatic rings. The first-order valence-electron chi connectivity index (χ1n) is 11.1. The highest BCUT2D eigenvalue weighted by atomic mass is 16.7. The highest BCUT2D eigenvalue weighted by molar-refractivity contribution is 5.14. The van der Waals surface area contributed by atoms with Gasteiger partial charge >= 0.3 is 0 Å². The van der Waals surface area contributed by atoms with Gasteiger partial charge in [-0.3, -0.25) is 0 Å². The first-order valence-corrected chi connectivity index (χ1v) is 11.1. The van der Waals surface area contributed by atoms with Crippen LogP contribution in [-0.2, 0) is 36.9 Å². The first kappa shape index (κ1) is 22.2. The van der Waals surface area contributed by atoms with E-state index in [0.717, 1.165) is 17.5 Å². The Hall–Kier alpha value is -2.02. The maximum Gasteiger partial charge on any atom is 0.186 e. The zero-order valence-corrected chi connectivity index (χ0v) is 18.3. The highest BCUT2D eigenvalue weighted by Gasteiger charge is 2.42. The standard InChI is InChI=1S/C26H32O5/c1-3-20-14-23(27-16-20)31-24-19(2)15-29-26(30-18-22-12-8-5-9-13-22)25(24)28-17-21-10-6-4-7-11-21/h4-14,19,23-26H,3,15-18H2,1-2H3/t19-,23+,24+,25-,26-/m1/s1. The molecule has 166 valence electrons. The van der Waals surface area contributed by atoms with Crippen molar-refractivity contribution >= 4 is 0 Å². The van der Waals surface area contributed by atoms with E-state index in [1.54, 1.807) is 0 Å². The van der Waals surface area contributed by atoms with Gasteiger partial charge < -0.3 is 23.7 Å². The normalized spacial score (nSPS) is 28.5. The SMILES string of the molecule is CCC1=C[C@H](O[C@@H]2[C@@H](OCc3ccccc3)[C@@H](OCc3ccccc3)OC[C@H]2C)OC1. The van der Waals surface area contributed by atoms with Gasteiger partial charge in [0.15, 0.2) is 12.6 Å². The van der Waals surface area contributed by atoms with Crippen molar-refractivity contribution in [2.75, 3.05) is 13.2 Å². The predicted molar refractivity (Wildman–Crippen MR) is 118 cm³/mol. The van der Waals surface area contributed by atoms with Gasteiger partial charge in [-0.15, -0.1) is 0 Å². The maximum atomic E-state index is 6.40. The van der Waals surface area contributed by atoms with Gasteiger partial charge in [-0.2, -0.15) is 0 Å². The van der Waals surface area contributed by atoms with Crippen molar-refractivity contribution in [2.24, 2.45) is 5.92 Å². The van der Waals surface area contributed by atoms with Gasteiger partial charge in [0, 0.05) is 5.92 Å². The van der Waals surface area contributed by atoms with E-state index in [1.807, 2.05) is 48.5 Å². The summed E-state index contributed by atoms with van der Waals surface area (Å²) in [5.74, 6) is 0.153. The molecule has 2 aromatic carbocycles. The minimum absolute atomic E-state index is 0.153. The van der Waals surface area contributed by atoms with Crippen molar-refractivity contribution in [3.8, 4) is 0 Å². The molecule has 5 heteroatoms. The molecule has 0 N–H and O–H groups in total. The Balaban J connectivity index is 1.47. The molecule has 0 bridgehead atoms. The number of hydrogen-bond donors (Lipinski definition) is 0. The molecule has 2 heterocycles. The smallest absolute Gasteiger partial charge is 0.186 e. The van der Waals surface area contributed by atoms with Gasteiger partial charge in [-0.1, -0.05) is 74.5 Å². The average molecular weight is 425 g/mol. The van der Waals surface area contributed by atoms with E-state index in [-0.39, 0.29) is 24.4 Å². The maximum absolute atomic E-state index is 6.40. The molecule has 0 amide bonds. The van der Waals surface area contributed by atoms with Crippen LogP contribution in [0.2, 0.25) is 0 Å². The second-order valence-corrected chi connectivity index (χ2v) is 8.20. The Kier molecular flexibility index (Phi) is 7.89. The summed E-state index contributed by atoms with van der Waals surface area (Å²) in [4.78, 5) is 0. The van der Waals surface area contributed by atoms with Crippen molar-refractivity contribution in [1.29, 1.82) is 0 Å². The fourth-order valence-electron chi connectivity index (χ4n) is 3.89. The third kappa shape index (κ3) is 6.03. The Labute approximate surface area is 184 Å². The zero-order valence-electron chi connectivity index (χ0n) is 18.3. The topological polar surface area (TPSA) is 46.2 Å². The molecule has 5 nitrogen and oxygen atoms in total. The summed E-state index contributed by atoms with van der Waals surface area (Å²) in [6.07, 6.45) is 1.63. The molecule has 2 aliphatic heterocycles. The second kappa shape index (κ2) is 11.0.